The summed E-state index contributed by atoms with van der Waals surface area (Å²) < 4.78 is 0. The summed E-state index contributed by atoms with van der Waals surface area (Å²) in [6.07, 6.45) is 2.17. The highest BCUT2D eigenvalue weighted by molar-refractivity contribution is 6.31. The van der Waals surface area contributed by atoms with Gasteiger partial charge in [0.2, 0.25) is 0 Å². The van der Waals surface area contributed by atoms with Gasteiger partial charge in [-0.2, -0.15) is 0 Å². The number of hydrogen-bond donors (Lipinski definition) is 1. The van der Waals surface area contributed by atoms with Gasteiger partial charge in [-0.05, 0) is 35.7 Å². The number of aryl methyl sites for hydroxylation is 1. The smallest absolute Gasteiger partial charge is 0.123 e. The molecular weight excluding hydrogens is 232 g/mol. The molecule has 0 amide bonds. The molecule has 0 bridgehead atoms. The first kappa shape index (κ1) is 12.0. The van der Waals surface area contributed by atoms with Crippen LogP contribution < -0.4 is 0 Å². The number of halogens is 1. The van der Waals surface area contributed by atoms with Crippen LogP contribution in [0.25, 0.3) is 11.1 Å². The highest BCUT2D eigenvalue weighted by Gasteiger charge is 2.05. The van der Waals surface area contributed by atoms with Crippen LogP contribution in [-0.4, -0.2) is 5.11 Å². The number of phenols is 1. The molecule has 0 radical (unpaired) electrons. The molecule has 0 aromatic heterocycles. The zero-order valence-corrected chi connectivity index (χ0v) is 10.5. The van der Waals surface area contributed by atoms with E-state index in [2.05, 4.69) is 19.1 Å². The highest BCUT2D eigenvalue weighted by Crippen LogP contribution is 2.32. The summed E-state index contributed by atoms with van der Waals surface area (Å²) in [6.45, 7) is 2.16. The Balaban J connectivity index is 2.45. The molecule has 1 N–H and O–H groups in total. The molecule has 0 aliphatic rings. The summed E-state index contributed by atoms with van der Waals surface area (Å²) in [5, 5.41) is 10.5. The van der Waals surface area contributed by atoms with Gasteiger partial charge in [-0.15, -0.1) is 0 Å². The van der Waals surface area contributed by atoms with Crippen LogP contribution in [0.2, 0.25) is 5.02 Å². The lowest BCUT2D eigenvalue weighted by atomic mass is 10.0. The molecule has 2 aromatic rings. The third-order valence-electron chi connectivity index (χ3n) is 2.74. The van der Waals surface area contributed by atoms with Crippen molar-refractivity contribution in [3.63, 3.8) is 0 Å². The van der Waals surface area contributed by atoms with Crippen LogP contribution in [-0.2, 0) is 6.42 Å². The predicted octanol–water partition coefficient (Wildman–Crippen LogP) is 4.67. The van der Waals surface area contributed by atoms with E-state index in [1.807, 2.05) is 12.1 Å². The molecule has 0 saturated carbocycles. The maximum Gasteiger partial charge on any atom is 0.123 e. The molecule has 0 unspecified atom stereocenters. The van der Waals surface area contributed by atoms with E-state index in [1.165, 1.54) is 5.56 Å². The normalized spacial score (nSPS) is 10.5. The van der Waals surface area contributed by atoms with Crippen molar-refractivity contribution in [1.82, 2.24) is 0 Å². The van der Waals surface area contributed by atoms with Crippen LogP contribution in [0, 0.1) is 0 Å². The van der Waals surface area contributed by atoms with Gasteiger partial charge in [0, 0.05) is 10.6 Å². The van der Waals surface area contributed by atoms with Crippen molar-refractivity contribution in [3.05, 3.63) is 53.1 Å². The van der Waals surface area contributed by atoms with Crippen molar-refractivity contribution in [2.75, 3.05) is 0 Å². The average molecular weight is 247 g/mol. The Bertz CT molecular complexity index is 520. The molecule has 0 atom stereocenters. The van der Waals surface area contributed by atoms with E-state index in [0.717, 1.165) is 24.0 Å². The van der Waals surface area contributed by atoms with Crippen LogP contribution in [0.5, 0.6) is 5.75 Å². The second-order valence-electron chi connectivity index (χ2n) is 4.11. The van der Waals surface area contributed by atoms with Crippen LogP contribution in [0.4, 0.5) is 0 Å². The Morgan fingerprint density at radius 3 is 2.71 bits per heavy atom. The molecule has 2 heteroatoms. The zero-order valence-electron chi connectivity index (χ0n) is 9.78. The zero-order chi connectivity index (χ0) is 12.3. The number of rotatable bonds is 3. The Kier molecular flexibility index (Phi) is 3.70. The van der Waals surface area contributed by atoms with Crippen molar-refractivity contribution in [3.8, 4) is 16.9 Å². The number of aromatic hydroxyl groups is 1. The van der Waals surface area contributed by atoms with Gasteiger partial charge < -0.3 is 5.11 Å². The van der Waals surface area contributed by atoms with E-state index in [4.69, 9.17) is 11.6 Å². The standard InChI is InChI=1S/C15H15ClO/c1-2-4-11-5-3-6-12(9-11)14-10-13(16)7-8-15(14)17/h3,5-10,17H,2,4H2,1H3. The minimum Gasteiger partial charge on any atom is -0.507 e. The van der Waals surface area contributed by atoms with Crippen LogP contribution in [0.15, 0.2) is 42.5 Å². The molecule has 1 nitrogen and oxygen atoms in total. The Labute approximate surface area is 107 Å². The maximum atomic E-state index is 9.85. The van der Waals surface area contributed by atoms with Crippen LogP contribution in [0.3, 0.4) is 0 Å². The monoisotopic (exact) mass is 246 g/mol. The largest absolute Gasteiger partial charge is 0.507 e. The minimum atomic E-state index is 0.267. The first-order chi connectivity index (χ1) is 8.20. The molecule has 2 aromatic carbocycles. The average Bonchev–Trinajstić information content (AvgIpc) is 2.33. The van der Waals surface area contributed by atoms with Gasteiger partial charge in [-0.25, -0.2) is 0 Å². The lowest BCUT2D eigenvalue weighted by Crippen LogP contribution is -1.85. The van der Waals surface area contributed by atoms with Gasteiger partial charge >= 0.3 is 0 Å². The molecular formula is C15H15ClO. The van der Waals surface area contributed by atoms with Crippen molar-refractivity contribution in [1.29, 1.82) is 0 Å². The SMILES string of the molecule is CCCc1cccc(-c2cc(Cl)ccc2O)c1. The fourth-order valence-electron chi connectivity index (χ4n) is 1.92. The Morgan fingerprint density at radius 2 is 1.94 bits per heavy atom. The summed E-state index contributed by atoms with van der Waals surface area (Å²) in [5.41, 5.74) is 3.08. The summed E-state index contributed by atoms with van der Waals surface area (Å²) in [7, 11) is 0. The van der Waals surface area contributed by atoms with E-state index in [0.29, 0.717) is 5.02 Å². The fraction of sp³-hybridized carbons (Fsp3) is 0.200. The minimum absolute atomic E-state index is 0.267. The molecule has 0 saturated heterocycles. The molecule has 0 aliphatic heterocycles. The van der Waals surface area contributed by atoms with E-state index >= 15 is 0 Å². The van der Waals surface area contributed by atoms with Gasteiger partial charge in [-0.3, -0.25) is 0 Å². The van der Waals surface area contributed by atoms with Crippen molar-refractivity contribution >= 4 is 11.6 Å². The van der Waals surface area contributed by atoms with Crippen molar-refractivity contribution < 1.29 is 5.11 Å². The number of benzene rings is 2. The summed E-state index contributed by atoms with van der Waals surface area (Å²) in [4.78, 5) is 0. The van der Waals surface area contributed by atoms with Crippen LogP contribution >= 0.6 is 11.6 Å². The summed E-state index contributed by atoms with van der Waals surface area (Å²) in [6, 6.07) is 13.3. The van der Waals surface area contributed by atoms with E-state index in [9.17, 15) is 5.11 Å². The van der Waals surface area contributed by atoms with Gasteiger partial charge in [0.25, 0.3) is 0 Å². The second kappa shape index (κ2) is 5.24. The third kappa shape index (κ3) is 2.80. The van der Waals surface area contributed by atoms with Gasteiger partial charge in [0.1, 0.15) is 5.75 Å². The Morgan fingerprint density at radius 1 is 1.12 bits per heavy atom. The van der Waals surface area contributed by atoms with Gasteiger partial charge in [0.05, 0.1) is 0 Å². The summed E-state index contributed by atoms with van der Waals surface area (Å²) in [5.74, 6) is 0.267. The topological polar surface area (TPSA) is 20.2 Å². The summed E-state index contributed by atoms with van der Waals surface area (Å²) >= 11 is 5.96. The third-order valence-corrected chi connectivity index (χ3v) is 2.97. The molecule has 17 heavy (non-hydrogen) atoms. The van der Waals surface area contributed by atoms with Gasteiger partial charge in [-0.1, -0.05) is 49.2 Å². The van der Waals surface area contributed by atoms with Crippen molar-refractivity contribution in [2.45, 2.75) is 19.8 Å². The quantitative estimate of drug-likeness (QED) is 0.835. The predicted molar refractivity (Wildman–Crippen MR) is 72.5 cm³/mol. The highest BCUT2D eigenvalue weighted by atomic mass is 35.5. The lowest BCUT2D eigenvalue weighted by Gasteiger charge is -2.07. The first-order valence-electron chi connectivity index (χ1n) is 5.78. The molecule has 0 aliphatic carbocycles. The van der Waals surface area contributed by atoms with Gasteiger partial charge in [0.15, 0.2) is 0 Å². The Hall–Kier alpha value is -1.47. The van der Waals surface area contributed by atoms with Crippen LogP contribution in [0.1, 0.15) is 18.9 Å². The van der Waals surface area contributed by atoms with E-state index in [1.54, 1.807) is 18.2 Å². The molecule has 0 spiro atoms. The first-order valence-corrected chi connectivity index (χ1v) is 6.16. The molecule has 0 fully saturated rings. The molecule has 88 valence electrons. The maximum absolute atomic E-state index is 9.85. The van der Waals surface area contributed by atoms with E-state index in [-0.39, 0.29) is 5.75 Å². The lowest BCUT2D eigenvalue weighted by molar-refractivity contribution is 0.477. The molecule has 0 heterocycles. The van der Waals surface area contributed by atoms with Crippen molar-refractivity contribution in [2.24, 2.45) is 0 Å². The number of phenolic OH excluding ortho intramolecular Hbond substituents is 1. The number of hydrogen-bond acceptors (Lipinski definition) is 1. The molecule has 2 rings (SSSR count). The van der Waals surface area contributed by atoms with E-state index < -0.39 is 0 Å². The fourth-order valence-corrected chi connectivity index (χ4v) is 2.09. The second-order valence-corrected chi connectivity index (χ2v) is 4.55.